The molecule has 1 aliphatic heterocycles. The van der Waals surface area contributed by atoms with Crippen LogP contribution in [0.15, 0.2) is 36.7 Å². The number of nitrogens with zero attached hydrogens (tertiary/aromatic N) is 4. The van der Waals surface area contributed by atoms with E-state index in [-0.39, 0.29) is 11.9 Å². The molecular weight excluding hydrogens is 292 g/mol. The second kappa shape index (κ2) is 5.35. The van der Waals surface area contributed by atoms with Gasteiger partial charge in [0.25, 0.3) is 0 Å². The van der Waals surface area contributed by atoms with Gasteiger partial charge in [-0.15, -0.1) is 15.3 Å². The standard InChI is InChI=1S/C16H16N6O/c1-10(18-14-5-6-15-20-17-9-22(15)21-14)11-2-4-13-12(8-11)3-7-16(23)19-13/h2,4-6,8-10H,3,7H2,1H3,(H,18,21)(H,19,23)/t10-/m0/s1. The number of aryl methyl sites for hydroxylation is 1. The molecule has 0 saturated carbocycles. The van der Waals surface area contributed by atoms with E-state index >= 15 is 0 Å². The number of benzene rings is 1. The van der Waals surface area contributed by atoms with E-state index in [0.717, 1.165) is 23.5 Å². The molecule has 23 heavy (non-hydrogen) atoms. The highest BCUT2D eigenvalue weighted by Crippen LogP contribution is 2.27. The number of fused-ring (bicyclic) bond motifs is 2. The topological polar surface area (TPSA) is 84.2 Å². The third-order valence-corrected chi connectivity index (χ3v) is 4.05. The number of hydrogen-bond donors (Lipinski definition) is 2. The first-order valence-electron chi connectivity index (χ1n) is 7.55. The molecule has 1 aromatic carbocycles. The van der Waals surface area contributed by atoms with Gasteiger partial charge in [0.1, 0.15) is 12.1 Å². The normalized spacial score (nSPS) is 15.1. The summed E-state index contributed by atoms with van der Waals surface area (Å²) in [6.07, 6.45) is 2.91. The smallest absolute Gasteiger partial charge is 0.224 e. The van der Waals surface area contributed by atoms with Gasteiger partial charge >= 0.3 is 0 Å². The highest BCUT2D eigenvalue weighted by Gasteiger charge is 2.16. The summed E-state index contributed by atoms with van der Waals surface area (Å²) in [6.45, 7) is 2.08. The maximum Gasteiger partial charge on any atom is 0.224 e. The average molecular weight is 308 g/mol. The third-order valence-electron chi connectivity index (χ3n) is 4.05. The molecule has 1 amide bonds. The van der Waals surface area contributed by atoms with E-state index in [4.69, 9.17) is 0 Å². The largest absolute Gasteiger partial charge is 0.362 e. The first-order valence-corrected chi connectivity index (χ1v) is 7.55. The minimum absolute atomic E-state index is 0.0860. The van der Waals surface area contributed by atoms with Gasteiger partial charge in [0.15, 0.2) is 5.65 Å². The summed E-state index contributed by atoms with van der Waals surface area (Å²) >= 11 is 0. The van der Waals surface area contributed by atoms with Gasteiger partial charge in [-0.2, -0.15) is 4.52 Å². The first kappa shape index (κ1) is 13.7. The Kier molecular flexibility index (Phi) is 3.18. The van der Waals surface area contributed by atoms with Crippen molar-refractivity contribution in [3.05, 3.63) is 47.8 Å². The molecule has 0 aliphatic carbocycles. The van der Waals surface area contributed by atoms with Crippen molar-refractivity contribution in [3.8, 4) is 0 Å². The van der Waals surface area contributed by atoms with Crippen molar-refractivity contribution in [1.29, 1.82) is 0 Å². The zero-order valence-electron chi connectivity index (χ0n) is 12.7. The van der Waals surface area contributed by atoms with Crippen LogP contribution in [0.1, 0.15) is 30.5 Å². The number of amides is 1. The summed E-state index contributed by atoms with van der Waals surface area (Å²) in [5.74, 6) is 0.846. The SMILES string of the molecule is C[C@H](Nc1ccc2nncn2n1)c1ccc2c(c1)CCC(=O)N2. The molecule has 116 valence electrons. The number of anilines is 2. The summed E-state index contributed by atoms with van der Waals surface area (Å²) in [4.78, 5) is 11.4. The monoisotopic (exact) mass is 308 g/mol. The second-order valence-electron chi connectivity index (χ2n) is 5.68. The first-order chi connectivity index (χ1) is 11.2. The van der Waals surface area contributed by atoms with Crippen LogP contribution in [0.3, 0.4) is 0 Å². The van der Waals surface area contributed by atoms with Gasteiger partial charge in [-0.3, -0.25) is 4.79 Å². The summed E-state index contributed by atoms with van der Waals surface area (Å²) < 4.78 is 1.64. The van der Waals surface area contributed by atoms with Crippen LogP contribution in [0, 0.1) is 0 Å². The number of nitrogens with one attached hydrogen (secondary N) is 2. The molecule has 1 atom stereocenters. The molecule has 0 unspecified atom stereocenters. The maximum absolute atomic E-state index is 11.4. The minimum Gasteiger partial charge on any atom is -0.362 e. The van der Waals surface area contributed by atoms with Crippen molar-refractivity contribution < 1.29 is 4.79 Å². The van der Waals surface area contributed by atoms with Crippen LogP contribution in [0.5, 0.6) is 0 Å². The summed E-state index contributed by atoms with van der Waals surface area (Å²) in [5.41, 5.74) is 3.97. The Morgan fingerprint density at radius 3 is 3.09 bits per heavy atom. The van der Waals surface area contributed by atoms with E-state index in [1.54, 1.807) is 10.8 Å². The van der Waals surface area contributed by atoms with Gasteiger partial charge in [0, 0.05) is 12.1 Å². The number of carbonyl (C=O) groups is 1. The molecule has 2 N–H and O–H groups in total. The highest BCUT2D eigenvalue weighted by molar-refractivity contribution is 5.93. The van der Waals surface area contributed by atoms with Gasteiger partial charge < -0.3 is 10.6 Å². The van der Waals surface area contributed by atoms with Crippen LogP contribution in [0.25, 0.3) is 5.65 Å². The van der Waals surface area contributed by atoms with Gasteiger partial charge in [0.2, 0.25) is 5.91 Å². The van der Waals surface area contributed by atoms with E-state index < -0.39 is 0 Å². The van der Waals surface area contributed by atoms with Gasteiger partial charge in [-0.1, -0.05) is 12.1 Å². The van der Waals surface area contributed by atoms with Crippen molar-refractivity contribution in [1.82, 2.24) is 19.8 Å². The van der Waals surface area contributed by atoms with Crippen molar-refractivity contribution >= 4 is 23.1 Å². The molecule has 7 nitrogen and oxygen atoms in total. The van der Waals surface area contributed by atoms with Crippen LogP contribution in [-0.2, 0) is 11.2 Å². The quantitative estimate of drug-likeness (QED) is 0.775. The van der Waals surface area contributed by atoms with Crippen molar-refractivity contribution in [2.24, 2.45) is 0 Å². The molecule has 4 rings (SSSR count). The van der Waals surface area contributed by atoms with Gasteiger partial charge in [0.05, 0.1) is 6.04 Å². The van der Waals surface area contributed by atoms with Crippen LogP contribution >= 0.6 is 0 Å². The highest BCUT2D eigenvalue weighted by atomic mass is 16.1. The Hall–Kier alpha value is -2.96. The van der Waals surface area contributed by atoms with Crippen LogP contribution in [-0.4, -0.2) is 25.7 Å². The van der Waals surface area contributed by atoms with E-state index in [0.29, 0.717) is 12.1 Å². The Bertz CT molecular complexity index is 887. The van der Waals surface area contributed by atoms with Gasteiger partial charge in [-0.25, -0.2) is 0 Å². The fourth-order valence-electron chi connectivity index (χ4n) is 2.78. The molecule has 7 heteroatoms. The zero-order valence-corrected chi connectivity index (χ0v) is 12.7. The van der Waals surface area contributed by atoms with Crippen LogP contribution < -0.4 is 10.6 Å². The van der Waals surface area contributed by atoms with E-state index in [1.165, 1.54) is 5.56 Å². The molecule has 1 aliphatic rings. The molecule has 0 radical (unpaired) electrons. The maximum atomic E-state index is 11.4. The summed E-state index contributed by atoms with van der Waals surface area (Å²) in [6, 6.07) is 10.00. The lowest BCUT2D eigenvalue weighted by Gasteiger charge is -2.20. The number of rotatable bonds is 3. The number of aromatic nitrogens is 4. The lowest BCUT2D eigenvalue weighted by Crippen LogP contribution is -2.19. The Morgan fingerprint density at radius 1 is 1.26 bits per heavy atom. The molecule has 3 aromatic rings. The Morgan fingerprint density at radius 2 is 2.17 bits per heavy atom. The van der Waals surface area contributed by atoms with Gasteiger partial charge in [-0.05, 0) is 42.7 Å². The second-order valence-corrected chi connectivity index (χ2v) is 5.68. The average Bonchev–Trinajstić information content (AvgIpc) is 3.02. The van der Waals surface area contributed by atoms with Crippen molar-refractivity contribution in [2.75, 3.05) is 10.6 Å². The van der Waals surface area contributed by atoms with Crippen molar-refractivity contribution in [3.63, 3.8) is 0 Å². The molecule has 2 aromatic heterocycles. The Balaban J connectivity index is 1.56. The molecule has 0 saturated heterocycles. The fraction of sp³-hybridized carbons (Fsp3) is 0.250. The van der Waals surface area contributed by atoms with Crippen LogP contribution in [0.2, 0.25) is 0 Å². The Labute approximate surface area is 132 Å². The lowest BCUT2D eigenvalue weighted by molar-refractivity contribution is -0.116. The van der Waals surface area contributed by atoms with Crippen LogP contribution in [0.4, 0.5) is 11.5 Å². The van der Waals surface area contributed by atoms with E-state index in [2.05, 4.69) is 38.9 Å². The zero-order chi connectivity index (χ0) is 15.8. The molecule has 3 heterocycles. The molecule has 0 spiro atoms. The molecular formula is C16H16N6O. The molecule has 0 bridgehead atoms. The minimum atomic E-state index is 0.0860. The lowest BCUT2D eigenvalue weighted by atomic mass is 9.98. The van der Waals surface area contributed by atoms with E-state index in [9.17, 15) is 4.79 Å². The van der Waals surface area contributed by atoms with Crippen molar-refractivity contribution in [2.45, 2.75) is 25.8 Å². The predicted molar refractivity (Wildman–Crippen MR) is 86.2 cm³/mol. The number of hydrogen-bond acceptors (Lipinski definition) is 5. The van der Waals surface area contributed by atoms with E-state index in [1.807, 2.05) is 24.3 Å². The number of carbonyl (C=O) groups excluding carboxylic acids is 1. The third kappa shape index (κ3) is 2.61. The molecule has 0 fully saturated rings. The fourth-order valence-corrected chi connectivity index (χ4v) is 2.78. The summed E-state index contributed by atoms with van der Waals surface area (Å²) in [5, 5.41) is 18.5. The predicted octanol–water partition coefficient (Wildman–Crippen LogP) is 2.18. The summed E-state index contributed by atoms with van der Waals surface area (Å²) in [7, 11) is 0.